The van der Waals surface area contributed by atoms with E-state index in [4.69, 9.17) is 4.74 Å². The molecule has 0 aliphatic carbocycles. The van der Waals surface area contributed by atoms with E-state index in [1.54, 1.807) is 19.9 Å². The number of halogens is 1. The van der Waals surface area contributed by atoms with E-state index in [2.05, 4.69) is 15.9 Å². The van der Waals surface area contributed by atoms with Gasteiger partial charge in [0, 0.05) is 29.7 Å². The number of hydrogen-bond acceptors (Lipinski definition) is 6. The van der Waals surface area contributed by atoms with Gasteiger partial charge < -0.3 is 4.74 Å². The van der Waals surface area contributed by atoms with Crippen LogP contribution in [0.3, 0.4) is 0 Å². The van der Waals surface area contributed by atoms with E-state index in [9.17, 15) is 23.3 Å². The first kappa shape index (κ1) is 22.0. The summed E-state index contributed by atoms with van der Waals surface area (Å²) in [6.07, 6.45) is 0. The molecule has 0 fully saturated rings. The highest BCUT2D eigenvalue weighted by Gasteiger charge is 2.29. The number of nitrogens with zero attached hydrogens (tertiary/aromatic N) is 2. The number of hydrogen-bond donors (Lipinski definition) is 0. The van der Waals surface area contributed by atoms with Gasteiger partial charge in [0.1, 0.15) is 0 Å². The maximum Gasteiger partial charge on any atom is 0.338 e. The molecule has 0 N–H and O–H groups in total. The standard InChI is InChI=1S/C18H19BrN2O6S/c1-4-27-18(22)14-8-9-17(16(19)11-14)28(25,26)20(3)12(2)13-6-5-7-15(10-13)21(23)24/h5-12H,4H2,1-3H3. The molecule has 0 spiro atoms. The SMILES string of the molecule is CCOC(=O)c1ccc(S(=O)(=O)N(C)C(C)c2cccc([N+](=O)[O-])c2)c(Br)c1. The Labute approximate surface area is 171 Å². The van der Waals surface area contributed by atoms with Gasteiger partial charge in [-0.3, -0.25) is 10.1 Å². The van der Waals surface area contributed by atoms with Crippen LogP contribution in [-0.2, 0) is 14.8 Å². The molecule has 10 heteroatoms. The van der Waals surface area contributed by atoms with Crippen molar-refractivity contribution in [2.75, 3.05) is 13.7 Å². The van der Waals surface area contributed by atoms with E-state index >= 15 is 0 Å². The smallest absolute Gasteiger partial charge is 0.338 e. The van der Waals surface area contributed by atoms with Crippen LogP contribution in [0.4, 0.5) is 5.69 Å². The zero-order valence-electron chi connectivity index (χ0n) is 15.5. The summed E-state index contributed by atoms with van der Waals surface area (Å²) in [6, 6.07) is 9.25. The molecule has 0 aliphatic rings. The van der Waals surface area contributed by atoms with Crippen LogP contribution in [0, 0.1) is 10.1 Å². The van der Waals surface area contributed by atoms with Crippen molar-refractivity contribution in [1.29, 1.82) is 0 Å². The maximum atomic E-state index is 13.0. The number of sulfonamides is 1. The topological polar surface area (TPSA) is 107 Å². The lowest BCUT2D eigenvalue weighted by Crippen LogP contribution is -2.30. The predicted molar refractivity (Wildman–Crippen MR) is 107 cm³/mol. The fraction of sp³-hybridized carbons (Fsp3) is 0.278. The van der Waals surface area contributed by atoms with E-state index in [0.717, 1.165) is 4.31 Å². The van der Waals surface area contributed by atoms with Crippen molar-refractivity contribution in [2.24, 2.45) is 0 Å². The van der Waals surface area contributed by atoms with Crippen molar-refractivity contribution in [3.8, 4) is 0 Å². The number of carbonyl (C=O) groups excluding carboxylic acids is 1. The molecule has 0 heterocycles. The summed E-state index contributed by atoms with van der Waals surface area (Å²) >= 11 is 3.20. The third-order valence-corrected chi connectivity index (χ3v) is 7.11. The molecular formula is C18H19BrN2O6S. The lowest BCUT2D eigenvalue weighted by molar-refractivity contribution is -0.384. The minimum Gasteiger partial charge on any atom is -0.462 e. The van der Waals surface area contributed by atoms with Crippen LogP contribution in [0.5, 0.6) is 0 Å². The van der Waals surface area contributed by atoms with E-state index in [1.807, 2.05) is 0 Å². The summed E-state index contributed by atoms with van der Waals surface area (Å²) < 4.78 is 32.3. The molecule has 28 heavy (non-hydrogen) atoms. The van der Waals surface area contributed by atoms with Gasteiger partial charge in [-0.1, -0.05) is 12.1 Å². The van der Waals surface area contributed by atoms with Gasteiger partial charge >= 0.3 is 5.97 Å². The lowest BCUT2D eigenvalue weighted by atomic mass is 10.1. The first-order valence-electron chi connectivity index (χ1n) is 8.28. The number of rotatable bonds is 7. The number of nitro groups is 1. The summed E-state index contributed by atoms with van der Waals surface area (Å²) in [5.74, 6) is -0.550. The number of ether oxygens (including phenoxy) is 1. The minimum absolute atomic E-state index is 0.0275. The summed E-state index contributed by atoms with van der Waals surface area (Å²) in [5, 5.41) is 11.0. The predicted octanol–water partition coefficient (Wildman–Crippen LogP) is 3.92. The fourth-order valence-electron chi connectivity index (χ4n) is 2.52. The van der Waals surface area contributed by atoms with E-state index < -0.39 is 27.0 Å². The van der Waals surface area contributed by atoms with Gasteiger partial charge in [-0.15, -0.1) is 0 Å². The van der Waals surface area contributed by atoms with Crippen LogP contribution in [0.25, 0.3) is 0 Å². The zero-order valence-corrected chi connectivity index (χ0v) is 17.9. The van der Waals surface area contributed by atoms with Crippen LogP contribution in [0.2, 0.25) is 0 Å². The minimum atomic E-state index is -3.94. The second-order valence-electron chi connectivity index (χ2n) is 5.91. The molecule has 150 valence electrons. The molecule has 0 amide bonds. The molecule has 1 unspecified atom stereocenters. The van der Waals surface area contributed by atoms with Crippen LogP contribution in [0.1, 0.15) is 35.8 Å². The highest BCUT2D eigenvalue weighted by Crippen LogP contribution is 2.31. The van der Waals surface area contributed by atoms with Crippen molar-refractivity contribution >= 4 is 37.6 Å². The van der Waals surface area contributed by atoms with Crippen molar-refractivity contribution in [3.05, 3.63) is 68.2 Å². The average Bonchev–Trinajstić information content (AvgIpc) is 2.66. The Morgan fingerprint density at radius 3 is 2.54 bits per heavy atom. The molecule has 0 radical (unpaired) electrons. The summed E-state index contributed by atoms with van der Waals surface area (Å²) in [6.45, 7) is 3.52. The molecule has 0 bridgehead atoms. The van der Waals surface area contributed by atoms with Crippen LogP contribution in [0.15, 0.2) is 51.8 Å². The third kappa shape index (κ3) is 4.57. The van der Waals surface area contributed by atoms with Gasteiger partial charge in [-0.25, -0.2) is 13.2 Å². The van der Waals surface area contributed by atoms with E-state index in [-0.39, 0.29) is 27.2 Å². The first-order chi connectivity index (χ1) is 13.1. The Morgan fingerprint density at radius 1 is 1.29 bits per heavy atom. The molecule has 0 aromatic heterocycles. The van der Waals surface area contributed by atoms with Crippen LogP contribution in [-0.4, -0.2) is 37.3 Å². The van der Waals surface area contributed by atoms with Crippen molar-refractivity contribution in [3.63, 3.8) is 0 Å². The second kappa shape index (κ2) is 8.80. The number of non-ortho nitro benzene ring substituents is 1. The van der Waals surface area contributed by atoms with Crippen molar-refractivity contribution in [1.82, 2.24) is 4.31 Å². The monoisotopic (exact) mass is 470 g/mol. The Balaban J connectivity index is 2.36. The summed E-state index contributed by atoms with van der Waals surface area (Å²) in [4.78, 5) is 22.2. The molecule has 2 aromatic carbocycles. The Bertz CT molecular complexity index is 1010. The molecule has 8 nitrogen and oxygen atoms in total. The molecule has 0 aliphatic heterocycles. The Hall–Kier alpha value is -2.30. The lowest BCUT2D eigenvalue weighted by Gasteiger charge is -2.25. The highest BCUT2D eigenvalue weighted by molar-refractivity contribution is 9.10. The largest absolute Gasteiger partial charge is 0.462 e. The van der Waals surface area contributed by atoms with Crippen molar-refractivity contribution in [2.45, 2.75) is 24.8 Å². The van der Waals surface area contributed by atoms with E-state index in [0.29, 0.717) is 5.56 Å². The third-order valence-electron chi connectivity index (χ3n) is 4.21. The van der Waals surface area contributed by atoms with Gasteiger partial charge in [-0.2, -0.15) is 4.31 Å². The Morgan fingerprint density at radius 2 is 1.96 bits per heavy atom. The number of benzene rings is 2. The molecule has 0 saturated carbocycles. The first-order valence-corrected chi connectivity index (χ1v) is 10.5. The molecular weight excluding hydrogens is 452 g/mol. The quantitative estimate of drug-likeness (QED) is 0.344. The molecule has 0 saturated heterocycles. The summed E-state index contributed by atoms with van der Waals surface area (Å²) in [5.41, 5.74) is 0.594. The number of esters is 1. The molecule has 2 aromatic rings. The van der Waals surface area contributed by atoms with Gasteiger partial charge in [0.05, 0.1) is 22.0 Å². The summed E-state index contributed by atoms with van der Waals surface area (Å²) in [7, 11) is -2.55. The average molecular weight is 471 g/mol. The van der Waals surface area contributed by atoms with E-state index in [1.165, 1.54) is 43.4 Å². The van der Waals surface area contributed by atoms with Crippen molar-refractivity contribution < 1.29 is 22.9 Å². The molecule has 1 atom stereocenters. The van der Waals surface area contributed by atoms with Gasteiger partial charge in [0.2, 0.25) is 10.0 Å². The van der Waals surface area contributed by atoms with Crippen LogP contribution < -0.4 is 0 Å². The Kier molecular flexibility index (Phi) is 6.91. The van der Waals surface area contributed by atoms with Gasteiger partial charge in [-0.05, 0) is 53.5 Å². The second-order valence-corrected chi connectivity index (χ2v) is 8.74. The fourth-order valence-corrected chi connectivity index (χ4v) is 4.91. The zero-order chi connectivity index (χ0) is 21.1. The van der Waals surface area contributed by atoms with Gasteiger partial charge in [0.25, 0.3) is 5.69 Å². The number of carbonyl (C=O) groups is 1. The highest BCUT2D eigenvalue weighted by atomic mass is 79.9. The van der Waals surface area contributed by atoms with Crippen LogP contribution >= 0.6 is 15.9 Å². The molecule has 2 rings (SSSR count). The van der Waals surface area contributed by atoms with Gasteiger partial charge in [0.15, 0.2) is 0 Å². The number of nitro benzene ring substituents is 1. The maximum absolute atomic E-state index is 13.0. The normalized spacial score (nSPS) is 12.6.